The predicted molar refractivity (Wildman–Crippen MR) is 128 cm³/mol. The van der Waals surface area contributed by atoms with Crippen LogP contribution in [0.2, 0.25) is 5.02 Å². The fraction of sp³-hybridized carbons (Fsp3) is 0.182. The summed E-state index contributed by atoms with van der Waals surface area (Å²) in [5.74, 6) is 1.53. The van der Waals surface area contributed by atoms with Gasteiger partial charge < -0.3 is 14.6 Å². The molecule has 1 N–H and O–H groups in total. The number of nitrogens with zero attached hydrogens (tertiary/aromatic N) is 4. The summed E-state index contributed by atoms with van der Waals surface area (Å²) < 4.78 is 7.72. The van der Waals surface area contributed by atoms with E-state index in [1.165, 1.54) is 23.1 Å². The van der Waals surface area contributed by atoms with Crippen molar-refractivity contribution in [2.75, 3.05) is 11.1 Å². The van der Waals surface area contributed by atoms with Gasteiger partial charge in [-0.1, -0.05) is 53.7 Å². The van der Waals surface area contributed by atoms with E-state index in [-0.39, 0.29) is 11.7 Å². The fourth-order valence-corrected chi connectivity index (χ4v) is 4.57. The molecule has 0 radical (unpaired) electrons. The minimum Gasteiger partial charge on any atom is -0.486 e. The van der Waals surface area contributed by atoms with Gasteiger partial charge in [-0.2, -0.15) is 0 Å². The number of thioether (sulfide) groups is 1. The topological polar surface area (TPSA) is 81.9 Å². The Hall–Kier alpha value is -2.88. The zero-order chi connectivity index (χ0) is 22.3. The highest BCUT2D eigenvalue weighted by Gasteiger charge is 2.15. The first-order valence-electron chi connectivity index (χ1n) is 9.86. The minimum atomic E-state index is -0.153. The highest BCUT2D eigenvalue weighted by atomic mass is 35.5. The normalized spacial score (nSPS) is 10.8. The number of amides is 1. The molecule has 0 aliphatic carbocycles. The van der Waals surface area contributed by atoms with Gasteiger partial charge >= 0.3 is 0 Å². The lowest BCUT2D eigenvalue weighted by atomic mass is 10.2. The van der Waals surface area contributed by atoms with Crippen molar-refractivity contribution in [3.8, 4) is 17.0 Å². The summed E-state index contributed by atoms with van der Waals surface area (Å²) in [6, 6.07) is 17.0. The van der Waals surface area contributed by atoms with E-state index in [0.717, 1.165) is 17.0 Å². The quantitative estimate of drug-likeness (QED) is 0.320. The van der Waals surface area contributed by atoms with Crippen LogP contribution in [-0.4, -0.2) is 31.4 Å². The molecule has 4 aromatic rings. The lowest BCUT2D eigenvalue weighted by Gasteiger charge is -2.08. The Bertz CT molecular complexity index is 1180. The van der Waals surface area contributed by atoms with Crippen molar-refractivity contribution >= 4 is 45.7 Å². The zero-order valence-electron chi connectivity index (χ0n) is 17.2. The Morgan fingerprint density at radius 2 is 1.94 bits per heavy atom. The van der Waals surface area contributed by atoms with E-state index in [0.29, 0.717) is 34.3 Å². The third-order valence-corrected chi connectivity index (χ3v) is 6.42. The molecule has 2 aromatic carbocycles. The van der Waals surface area contributed by atoms with Crippen LogP contribution in [0.15, 0.2) is 65.1 Å². The highest BCUT2D eigenvalue weighted by molar-refractivity contribution is 7.99. The second-order valence-electron chi connectivity index (χ2n) is 6.63. The van der Waals surface area contributed by atoms with Crippen LogP contribution in [0.1, 0.15) is 12.7 Å². The highest BCUT2D eigenvalue weighted by Crippen LogP contribution is 2.26. The first-order valence-corrected chi connectivity index (χ1v) is 12.1. The van der Waals surface area contributed by atoms with Crippen molar-refractivity contribution < 1.29 is 9.53 Å². The third-order valence-electron chi connectivity index (χ3n) is 4.44. The molecule has 0 bridgehead atoms. The van der Waals surface area contributed by atoms with E-state index in [1.54, 1.807) is 0 Å². The Morgan fingerprint density at radius 3 is 2.69 bits per heavy atom. The molecular weight excluding hydrogens is 466 g/mol. The zero-order valence-corrected chi connectivity index (χ0v) is 19.6. The summed E-state index contributed by atoms with van der Waals surface area (Å²) >= 11 is 8.64. The molecule has 32 heavy (non-hydrogen) atoms. The number of hydrogen-bond acceptors (Lipinski definition) is 7. The van der Waals surface area contributed by atoms with Gasteiger partial charge in [0.05, 0.1) is 11.4 Å². The number of hydrogen-bond donors (Lipinski definition) is 1. The second kappa shape index (κ2) is 10.6. The summed E-state index contributed by atoms with van der Waals surface area (Å²) in [5.41, 5.74) is 1.74. The van der Waals surface area contributed by atoms with E-state index in [2.05, 4.69) is 20.5 Å². The number of rotatable bonds is 9. The molecule has 0 aliphatic heterocycles. The van der Waals surface area contributed by atoms with Gasteiger partial charge in [-0.3, -0.25) is 4.79 Å². The molecule has 0 unspecified atom stereocenters. The average Bonchev–Trinajstić information content (AvgIpc) is 3.44. The molecule has 0 atom stereocenters. The van der Waals surface area contributed by atoms with Crippen molar-refractivity contribution in [1.82, 2.24) is 19.7 Å². The van der Waals surface area contributed by atoms with E-state index in [9.17, 15) is 4.79 Å². The van der Waals surface area contributed by atoms with Crippen molar-refractivity contribution in [3.05, 3.63) is 70.8 Å². The second-order valence-corrected chi connectivity index (χ2v) is 8.86. The maximum Gasteiger partial charge on any atom is 0.236 e. The van der Waals surface area contributed by atoms with Gasteiger partial charge in [0.25, 0.3) is 0 Å². The number of benzene rings is 2. The first-order chi connectivity index (χ1) is 15.6. The van der Waals surface area contributed by atoms with Crippen molar-refractivity contribution in [3.63, 3.8) is 0 Å². The number of halogens is 1. The number of aromatic nitrogens is 4. The number of para-hydroxylation sites is 1. The van der Waals surface area contributed by atoms with E-state index in [4.69, 9.17) is 16.3 Å². The minimum absolute atomic E-state index is 0.153. The Morgan fingerprint density at radius 1 is 1.16 bits per heavy atom. The largest absolute Gasteiger partial charge is 0.486 e. The molecule has 2 heterocycles. The summed E-state index contributed by atoms with van der Waals surface area (Å²) in [6.45, 7) is 3.00. The summed E-state index contributed by atoms with van der Waals surface area (Å²) in [7, 11) is 0. The predicted octanol–water partition coefficient (Wildman–Crippen LogP) is 5.38. The molecule has 0 spiro atoms. The van der Waals surface area contributed by atoms with Gasteiger partial charge in [0.15, 0.2) is 16.1 Å². The van der Waals surface area contributed by atoms with Crippen LogP contribution in [0, 0.1) is 0 Å². The standard InChI is InChI=1S/C22H20ClN5O2S2/c1-2-28-19(12-30-17-6-4-3-5-7-17)26-27-22(28)32-14-20(29)25-21-24-18(13-31-21)15-8-10-16(23)11-9-15/h3-11,13H,2,12,14H2,1H3,(H,24,25,29). The van der Waals surface area contributed by atoms with Crippen LogP contribution in [0.3, 0.4) is 0 Å². The van der Waals surface area contributed by atoms with Crippen molar-refractivity contribution in [1.29, 1.82) is 0 Å². The third kappa shape index (κ3) is 5.67. The maximum atomic E-state index is 12.4. The summed E-state index contributed by atoms with van der Waals surface area (Å²) in [4.78, 5) is 16.9. The van der Waals surface area contributed by atoms with E-state index >= 15 is 0 Å². The van der Waals surface area contributed by atoms with Crippen LogP contribution in [0.5, 0.6) is 5.75 Å². The Labute approximate surface area is 198 Å². The van der Waals surface area contributed by atoms with Gasteiger partial charge in [-0.05, 0) is 31.2 Å². The SMILES string of the molecule is CCn1c(COc2ccccc2)nnc1SCC(=O)Nc1nc(-c2ccc(Cl)cc2)cs1. The van der Waals surface area contributed by atoms with Crippen LogP contribution in [-0.2, 0) is 17.9 Å². The lowest BCUT2D eigenvalue weighted by Crippen LogP contribution is -2.14. The average molecular weight is 486 g/mol. The van der Waals surface area contributed by atoms with Crippen LogP contribution in [0.25, 0.3) is 11.3 Å². The Balaban J connectivity index is 1.32. The maximum absolute atomic E-state index is 12.4. The van der Waals surface area contributed by atoms with E-state index in [1.807, 2.05) is 71.5 Å². The number of carbonyl (C=O) groups is 1. The van der Waals surface area contributed by atoms with Gasteiger partial charge in [-0.15, -0.1) is 21.5 Å². The summed E-state index contributed by atoms with van der Waals surface area (Å²) in [6.07, 6.45) is 0. The number of nitrogens with one attached hydrogen (secondary N) is 1. The van der Waals surface area contributed by atoms with E-state index < -0.39 is 0 Å². The number of carbonyl (C=O) groups excluding carboxylic acids is 1. The number of thiazole rings is 1. The molecule has 164 valence electrons. The van der Waals surface area contributed by atoms with Crippen LogP contribution >= 0.6 is 34.7 Å². The molecular formula is C22H20ClN5O2S2. The monoisotopic (exact) mass is 485 g/mol. The molecule has 0 fully saturated rings. The molecule has 2 aromatic heterocycles. The fourth-order valence-electron chi connectivity index (χ4n) is 2.88. The van der Waals surface area contributed by atoms with Gasteiger partial charge in [0.1, 0.15) is 12.4 Å². The molecule has 4 rings (SSSR count). The van der Waals surface area contributed by atoms with Gasteiger partial charge in [0, 0.05) is 22.5 Å². The molecule has 0 saturated heterocycles. The van der Waals surface area contributed by atoms with Crippen LogP contribution in [0.4, 0.5) is 5.13 Å². The van der Waals surface area contributed by atoms with Crippen molar-refractivity contribution in [2.24, 2.45) is 0 Å². The number of anilines is 1. The molecule has 0 aliphatic rings. The Kier molecular flexibility index (Phi) is 7.41. The molecule has 7 nitrogen and oxygen atoms in total. The smallest absolute Gasteiger partial charge is 0.236 e. The molecule has 0 saturated carbocycles. The van der Waals surface area contributed by atoms with Crippen LogP contribution < -0.4 is 10.1 Å². The van der Waals surface area contributed by atoms with Gasteiger partial charge in [-0.25, -0.2) is 4.98 Å². The first kappa shape index (κ1) is 22.3. The summed E-state index contributed by atoms with van der Waals surface area (Å²) in [5, 5.41) is 15.1. The molecule has 10 heteroatoms. The lowest BCUT2D eigenvalue weighted by molar-refractivity contribution is -0.113. The molecule has 1 amide bonds. The van der Waals surface area contributed by atoms with Crippen molar-refractivity contribution in [2.45, 2.75) is 25.2 Å². The van der Waals surface area contributed by atoms with Gasteiger partial charge in [0.2, 0.25) is 5.91 Å². The number of ether oxygens (including phenoxy) is 1.